The molecule has 0 aliphatic carbocycles. The van der Waals surface area contributed by atoms with Crippen molar-refractivity contribution in [1.82, 2.24) is 4.90 Å². The van der Waals surface area contributed by atoms with Gasteiger partial charge in [-0.2, -0.15) is 0 Å². The van der Waals surface area contributed by atoms with E-state index in [9.17, 15) is 9.18 Å². The van der Waals surface area contributed by atoms with Crippen molar-refractivity contribution in [2.24, 2.45) is 5.73 Å². The van der Waals surface area contributed by atoms with Crippen molar-refractivity contribution in [3.63, 3.8) is 0 Å². The fourth-order valence-corrected chi connectivity index (χ4v) is 3.18. The van der Waals surface area contributed by atoms with Crippen molar-refractivity contribution < 1.29 is 9.18 Å². The Morgan fingerprint density at radius 3 is 2.29 bits per heavy atom. The number of likely N-dealkylation sites (tertiary alicyclic amines) is 1. The Labute approximate surface area is 141 Å². The normalized spacial score (nSPS) is 17.4. The van der Waals surface area contributed by atoms with Gasteiger partial charge < -0.3 is 11.1 Å². The summed E-state index contributed by atoms with van der Waals surface area (Å²) in [4.78, 5) is 14.4. The van der Waals surface area contributed by atoms with Gasteiger partial charge in [0.2, 0.25) is 5.91 Å². The van der Waals surface area contributed by atoms with Crippen LogP contribution < -0.4 is 11.1 Å². The van der Waals surface area contributed by atoms with Gasteiger partial charge in [-0.3, -0.25) is 9.69 Å². The lowest BCUT2D eigenvalue weighted by molar-refractivity contribution is -0.123. The summed E-state index contributed by atoms with van der Waals surface area (Å²) in [5.74, 6) is -0.655. The van der Waals surface area contributed by atoms with Crippen LogP contribution in [0.4, 0.5) is 10.1 Å². The minimum Gasteiger partial charge on any atom is -0.371 e. The number of halogens is 1. The molecular formula is C19H22FN3O. The maximum absolute atomic E-state index is 13.1. The van der Waals surface area contributed by atoms with Crippen LogP contribution in [0.1, 0.15) is 18.4 Å². The first kappa shape index (κ1) is 16.5. The second-order valence-corrected chi connectivity index (χ2v) is 6.34. The van der Waals surface area contributed by atoms with Gasteiger partial charge in [-0.25, -0.2) is 4.39 Å². The van der Waals surface area contributed by atoms with Crippen molar-refractivity contribution in [2.75, 3.05) is 18.4 Å². The number of benzene rings is 2. The van der Waals surface area contributed by atoms with E-state index in [-0.39, 0.29) is 11.7 Å². The Balaban J connectivity index is 1.65. The van der Waals surface area contributed by atoms with Crippen molar-refractivity contribution in [1.29, 1.82) is 0 Å². The lowest BCUT2D eigenvalue weighted by Crippen LogP contribution is -2.56. The topological polar surface area (TPSA) is 58.4 Å². The van der Waals surface area contributed by atoms with Crippen LogP contribution in [0.25, 0.3) is 0 Å². The molecule has 126 valence electrons. The van der Waals surface area contributed by atoms with E-state index >= 15 is 0 Å². The number of nitrogens with one attached hydrogen (secondary N) is 1. The number of rotatable bonds is 5. The molecule has 2 aromatic carbocycles. The average Bonchev–Trinajstić information content (AvgIpc) is 2.59. The standard InChI is InChI=1S/C19H22FN3O/c20-16-6-8-17(9-7-16)22-19(18(21)24)10-12-23(13-11-19)14-15-4-2-1-3-5-15/h1-9,22H,10-14H2,(H2,21,24). The second kappa shape index (κ2) is 7.01. The quantitative estimate of drug-likeness (QED) is 0.888. The number of nitrogens with zero attached hydrogens (tertiary/aromatic N) is 1. The Bertz CT molecular complexity index is 680. The van der Waals surface area contributed by atoms with E-state index in [1.165, 1.54) is 17.7 Å². The van der Waals surface area contributed by atoms with Crippen LogP contribution in [0.5, 0.6) is 0 Å². The minimum absolute atomic E-state index is 0.300. The highest BCUT2D eigenvalue weighted by Crippen LogP contribution is 2.28. The van der Waals surface area contributed by atoms with Crippen LogP contribution in [0.2, 0.25) is 0 Å². The van der Waals surface area contributed by atoms with Gasteiger partial charge in [-0.1, -0.05) is 30.3 Å². The van der Waals surface area contributed by atoms with Gasteiger partial charge in [0.15, 0.2) is 0 Å². The molecule has 2 aromatic rings. The van der Waals surface area contributed by atoms with Gasteiger partial charge in [0.25, 0.3) is 0 Å². The summed E-state index contributed by atoms with van der Waals surface area (Å²) in [6, 6.07) is 16.3. The summed E-state index contributed by atoms with van der Waals surface area (Å²) in [6.07, 6.45) is 1.26. The van der Waals surface area contributed by atoms with Crippen LogP contribution in [0.3, 0.4) is 0 Å². The SMILES string of the molecule is NC(=O)C1(Nc2ccc(F)cc2)CCN(Cc2ccccc2)CC1. The van der Waals surface area contributed by atoms with E-state index in [1.807, 2.05) is 18.2 Å². The van der Waals surface area contributed by atoms with Gasteiger partial charge in [-0.05, 0) is 42.7 Å². The molecule has 0 saturated carbocycles. The highest BCUT2D eigenvalue weighted by molar-refractivity contribution is 5.88. The molecule has 3 rings (SSSR count). The molecule has 0 unspecified atom stereocenters. The number of piperidine rings is 1. The molecule has 1 amide bonds. The van der Waals surface area contributed by atoms with Crippen LogP contribution in [0.15, 0.2) is 54.6 Å². The number of carbonyl (C=O) groups excluding carboxylic acids is 1. The second-order valence-electron chi connectivity index (χ2n) is 6.34. The molecule has 1 aliphatic rings. The third kappa shape index (κ3) is 3.74. The Kier molecular flexibility index (Phi) is 4.81. The fourth-order valence-electron chi connectivity index (χ4n) is 3.18. The van der Waals surface area contributed by atoms with Gasteiger partial charge in [-0.15, -0.1) is 0 Å². The van der Waals surface area contributed by atoms with E-state index in [0.717, 1.165) is 19.6 Å². The largest absolute Gasteiger partial charge is 0.371 e. The zero-order valence-electron chi connectivity index (χ0n) is 13.5. The summed E-state index contributed by atoms with van der Waals surface area (Å²) >= 11 is 0. The number of hydrogen-bond donors (Lipinski definition) is 2. The van der Waals surface area contributed by atoms with Gasteiger partial charge in [0.1, 0.15) is 11.4 Å². The van der Waals surface area contributed by atoms with E-state index in [1.54, 1.807) is 12.1 Å². The first-order valence-corrected chi connectivity index (χ1v) is 8.17. The van der Waals surface area contributed by atoms with Crippen LogP contribution >= 0.6 is 0 Å². The Morgan fingerprint density at radius 1 is 1.08 bits per heavy atom. The van der Waals surface area contributed by atoms with Crippen LogP contribution in [-0.4, -0.2) is 29.4 Å². The maximum atomic E-state index is 13.1. The zero-order chi connectivity index (χ0) is 17.0. The molecule has 1 saturated heterocycles. The summed E-state index contributed by atoms with van der Waals surface area (Å²) in [5.41, 5.74) is 6.89. The summed E-state index contributed by atoms with van der Waals surface area (Å²) in [7, 11) is 0. The molecule has 0 radical (unpaired) electrons. The molecule has 1 aliphatic heterocycles. The van der Waals surface area contributed by atoms with Crippen LogP contribution in [0, 0.1) is 5.82 Å². The van der Waals surface area contributed by atoms with Crippen molar-refractivity contribution >= 4 is 11.6 Å². The fraction of sp³-hybridized carbons (Fsp3) is 0.316. The number of nitrogens with two attached hydrogens (primary N) is 1. The lowest BCUT2D eigenvalue weighted by atomic mass is 9.86. The number of hydrogen-bond acceptors (Lipinski definition) is 3. The molecule has 0 atom stereocenters. The molecule has 0 aromatic heterocycles. The molecule has 1 fully saturated rings. The van der Waals surface area contributed by atoms with E-state index < -0.39 is 5.54 Å². The third-order valence-corrected chi connectivity index (χ3v) is 4.66. The zero-order valence-corrected chi connectivity index (χ0v) is 13.5. The highest BCUT2D eigenvalue weighted by Gasteiger charge is 2.39. The molecule has 0 spiro atoms. The van der Waals surface area contributed by atoms with Crippen molar-refractivity contribution in [2.45, 2.75) is 24.9 Å². The molecule has 3 N–H and O–H groups in total. The molecule has 4 nitrogen and oxygen atoms in total. The number of carbonyl (C=O) groups is 1. The predicted molar refractivity (Wildman–Crippen MR) is 92.9 cm³/mol. The van der Waals surface area contributed by atoms with Gasteiger partial charge in [0, 0.05) is 25.3 Å². The molecule has 0 bridgehead atoms. The average molecular weight is 327 g/mol. The smallest absolute Gasteiger partial charge is 0.243 e. The van der Waals surface area contributed by atoms with Crippen LogP contribution in [-0.2, 0) is 11.3 Å². The molecule has 5 heteroatoms. The molecular weight excluding hydrogens is 305 g/mol. The third-order valence-electron chi connectivity index (χ3n) is 4.66. The molecule has 24 heavy (non-hydrogen) atoms. The number of anilines is 1. The molecule has 1 heterocycles. The first-order valence-electron chi connectivity index (χ1n) is 8.17. The maximum Gasteiger partial charge on any atom is 0.243 e. The van der Waals surface area contributed by atoms with E-state index in [2.05, 4.69) is 22.3 Å². The van der Waals surface area contributed by atoms with Crippen molar-refractivity contribution in [3.05, 3.63) is 66.0 Å². The predicted octanol–water partition coefficient (Wildman–Crippen LogP) is 2.76. The van der Waals surface area contributed by atoms with Gasteiger partial charge in [0.05, 0.1) is 0 Å². The minimum atomic E-state index is -0.773. The summed E-state index contributed by atoms with van der Waals surface area (Å²) in [5, 5.41) is 3.24. The lowest BCUT2D eigenvalue weighted by Gasteiger charge is -2.40. The van der Waals surface area contributed by atoms with E-state index in [0.29, 0.717) is 18.5 Å². The Morgan fingerprint density at radius 2 is 1.71 bits per heavy atom. The summed E-state index contributed by atoms with van der Waals surface area (Å²) < 4.78 is 13.1. The van der Waals surface area contributed by atoms with E-state index in [4.69, 9.17) is 5.73 Å². The number of amides is 1. The van der Waals surface area contributed by atoms with Crippen molar-refractivity contribution in [3.8, 4) is 0 Å². The summed E-state index contributed by atoms with van der Waals surface area (Å²) in [6.45, 7) is 2.43. The first-order chi connectivity index (χ1) is 11.6. The Hall–Kier alpha value is -2.40. The van der Waals surface area contributed by atoms with Gasteiger partial charge >= 0.3 is 0 Å². The number of primary amides is 1. The highest BCUT2D eigenvalue weighted by atomic mass is 19.1. The monoisotopic (exact) mass is 327 g/mol.